The van der Waals surface area contributed by atoms with E-state index in [1.807, 2.05) is 53.9 Å². The molecule has 0 bridgehead atoms. The Morgan fingerprint density at radius 1 is 1.12 bits per heavy atom. The molecular weight excluding hydrogens is 350 g/mol. The van der Waals surface area contributed by atoms with E-state index in [2.05, 4.69) is 29.4 Å². The highest BCUT2D eigenvalue weighted by molar-refractivity contribution is 7.99. The van der Waals surface area contributed by atoms with Crippen LogP contribution < -0.4 is 5.32 Å². The van der Waals surface area contributed by atoms with Crippen LogP contribution >= 0.6 is 23.1 Å². The molecule has 1 N–H and O–H groups in total. The van der Waals surface area contributed by atoms with E-state index in [4.69, 9.17) is 0 Å². The number of hydrogen-bond donors (Lipinski definition) is 1. The third-order valence-electron chi connectivity index (χ3n) is 3.63. The summed E-state index contributed by atoms with van der Waals surface area (Å²) in [6.45, 7) is 4.30. The fourth-order valence-electron chi connectivity index (χ4n) is 2.24. The molecule has 0 radical (unpaired) electrons. The molecule has 2 heterocycles. The van der Waals surface area contributed by atoms with Gasteiger partial charge in [0.2, 0.25) is 5.91 Å². The number of thiophene rings is 1. The maximum Gasteiger partial charge on any atom is 0.234 e. The lowest BCUT2D eigenvalue weighted by atomic mass is 10.0. The summed E-state index contributed by atoms with van der Waals surface area (Å²) in [5, 5.41) is 14.1. The van der Waals surface area contributed by atoms with Gasteiger partial charge in [0.15, 0.2) is 0 Å². The van der Waals surface area contributed by atoms with Crippen LogP contribution in [0.2, 0.25) is 0 Å². The van der Waals surface area contributed by atoms with Crippen molar-refractivity contribution < 1.29 is 4.79 Å². The fraction of sp³-hybridized carbons (Fsp3) is 0.211. The summed E-state index contributed by atoms with van der Waals surface area (Å²) in [6.07, 6.45) is 0. The summed E-state index contributed by atoms with van der Waals surface area (Å²) in [4.78, 5) is 13.2. The zero-order chi connectivity index (χ0) is 17.6. The van der Waals surface area contributed by atoms with Gasteiger partial charge in [-0.25, -0.2) is 0 Å². The van der Waals surface area contributed by atoms with Crippen molar-refractivity contribution >= 4 is 34.7 Å². The van der Waals surface area contributed by atoms with E-state index < -0.39 is 0 Å². The first-order valence-electron chi connectivity index (χ1n) is 8.02. The van der Waals surface area contributed by atoms with Gasteiger partial charge in [-0.2, -0.15) is 0 Å². The standard InChI is InChI=1S/C19H19N3OS2/c1-13(2)14-5-7-15(8-6-14)20-18(23)12-25-19-10-9-16(21-22-19)17-4-3-11-24-17/h3-11,13H,12H2,1-2H3,(H,20,23). The van der Waals surface area contributed by atoms with Crippen LogP contribution in [-0.2, 0) is 4.79 Å². The quantitative estimate of drug-likeness (QED) is 0.617. The normalized spacial score (nSPS) is 10.8. The number of carbonyl (C=O) groups is 1. The topological polar surface area (TPSA) is 54.9 Å². The molecule has 0 atom stereocenters. The van der Waals surface area contributed by atoms with Gasteiger partial charge in [0.05, 0.1) is 10.6 Å². The third-order valence-corrected chi connectivity index (χ3v) is 5.44. The van der Waals surface area contributed by atoms with E-state index in [1.54, 1.807) is 11.3 Å². The smallest absolute Gasteiger partial charge is 0.234 e. The lowest BCUT2D eigenvalue weighted by Crippen LogP contribution is -2.14. The maximum atomic E-state index is 12.1. The van der Waals surface area contributed by atoms with Crippen LogP contribution in [0.5, 0.6) is 0 Å². The summed E-state index contributed by atoms with van der Waals surface area (Å²) < 4.78 is 0. The second kappa shape index (κ2) is 8.27. The number of carbonyl (C=O) groups excluding carboxylic acids is 1. The van der Waals surface area contributed by atoms with Crippen molar-refractivity contribution in [1.82, 2.24) is 10.2 Å². The molecule has 0 saturated carbocycles. The Morgan fingerprint density at radius 2 is 1.92 bits per heavy atom. The molecule has 25 heavy (non-hydrogen) atoms. The third kappa shape index (κ3) is 4.90. The molecular formula is C19H19N3OS2. The molecule has 0 spiro atoms. The van der Waals surface area contributed by atoms with E-state index in [-0.39, 0.29) is 5.91 Å². The van der Waals surface area contributed by atoms with Crippen molar-refractivity contribution in [2.24, 2.45) is 0 Å². The Morgan fingerprint density at radius 3 is 2.52 bits per heavy atom. The summed E-state index contributed by atoms with van der Waals surface area (Å²) in [5.41, 5.74) is 2.93. The number of rotatable bonds is 6. The van der Waals surface area contributed by atoms with Gasteiger partial charge < -0.3 is 5.32 Å². The number of amides is 1. The summed E-state index contributed by atoms with van der Waals surface area (Å²) in [6, 6.07) is 15.8. The highest BCUT2D eigenvalue weighted by Gasteiger charge is 2.07. The van der Waals surface area contributed by atoms with Gasteiger partial charge >= 0.3 is 0 Å². The lowest BCUT2D eigenvalue weighted by Gasteiger charge is -2.08. The van der Waals surface area contributed by atoms with Gasteiger partial charge in [-0.15, -0.1) is 21.5 Å². The Balaban J connectivity index is 1.52. The number of thioether (sulfide) groups is 1. The molecule has 4 nitrogen and oxygen atoms in total. The van der Waals surface area contributed by atoms with E-state index in [9.17, 15) is 4.79 Å². The second-order valence-corrected chi connectivity index (χ2v) is 7.79. The Labute approximate surface area is 155 Å². The highest BCUT2D eigenvalue weighted by atomic mass is 32.2. The maximum absolute atomic E-state index is 12.1. The molecule has 0 aliphatic carbocycles. The molecule has 3 rings (SSSR count). The van der Waals surface area contributed by atoms with Crippen molar-refractivity contribution in [3.05, 3.63) is 59.5 Å². The van der Waals surface area contributed by atoms with Crippen molar-refractivity contribution in [3.63, 3.8) is 0 Å². The molecule has 128 valence electrons. The van der Waals surface area contributed by atoms with Crippen LogP contribution in [0.4, 0.5) is 5.69 Å². The largest absolute Gasteiger partial charge is 0.325 e. The van der Waals surface area contributed by atoms with E-state index >= 15 is 0 Å². The van der Waals surface area contributed by atoms with E-state index in [1.165, 1.54) is 17.3 Å². The highest BCUT2D eigenvalue weighted by Crippen LogP contribution is 2.24. The number of nitrogens with zero attached hydrogens (tertiary/aromatic N) is 2. The number of nitrogens with one attached hydrogen (secondary N) is 1. The van der Waals surface area contributed by atoms with Gasteiger partial charge in [-0.1, -0.05) is 43.8 Å². The molecule has 0 saturated heterocycles. The Kier molecular flexibility index (Phi) is 5.83. The minimum atomic E-state index is -0.0496. The number of anilines is 1. The molecule has 6 heteroatoms. The molecule has 0 aliphatic rings. The number of benzene rings is 1. The molecule has 1 amide bonds. The van der Waals surface area contributed by atoms with Crippen LogP contribution in [0.3, 0.4) is 0 Å². The summed E-state index contributed by atoms with van der Waals surface area (Å²) in [7, 11) is 0. The molecule has 0 fully saturated rings. The van der Waals surface area contributed by atoms with Crippen LogP contribution in [-0.4, -0.2) is 21.9 Å². The van der Waals surface area contributed by atoms with Crippen LogP contribution in [0.1, 0.15) is 25.3 Å². The molecule has 0 unspecified atom stereocenters. The average Bonchev–Trinajstić information content (AvgIpc) is 3.15. The first kappa shape index (κ1) is 17.6. The zero-order valence-corrected chi connectivity index (χ0v) is 15.7. The van der Waals surface area contributed by atoms with Crippen molar-refractivity contribution in [2.75, 3.05) is 11.1 Å². The molecule has 0 aliphatic heterocycles. The van der Waals surface area contributed by atoms with Crippen LogP contribution in [0, 0.1) is 0 Å². The van der Waals surface area contributed by atoms with Gasteiger partial charge in [0.1, 0.15) is 10.7 Å². The van der Waals surface area contributed by atoms with E-state index in [0.717, 1.165) is 21.3 Å². The first-order chi connectivity index (χ1) is 12.1. The van der Waals surface area contributed by atoms with Crippen LogP contribution in [0.25, 0.3) is 10.6 Å². The van der Waals surface area contributed by atoms with Gasteiger partial charge in [0, 0.05) is 5.69 Å². The fourth-order valence-corrected chi connectivity index (χ4v) is 3.55. The Bertz CT molecular complexity index is 813. The van der Waals surface area contributed by atoms with Crippen LogP contribution in [0.15, 0.2) is 58.9 Å². The zero-order valence-electron chi connectivity index (χ0n) is 14.1. The predicted molar refractivity (Wildman–Crippen MR) is 105 cm³/mol. The number of aromatic nitrogens is 2. The first-order valence-corrected chi connectivity index (χ1v) is 9.88. The molecule has 2 aromatic heterocycles. The predicted octanol–water partition coefficient (Wildman–Crippen LogP) is 5.06. The van der Waals surface area contributed by atoms with Crippen molar-refractivity contribution in [2.45, 2.75) is 24.8 Å². The SMILES string of the molecule is CC(C)c1ccc(NC(=O)CSc2ccc(-c3cccs3)nn2)cc1. The van der Waals surface area contributed by atoms with Crippen molar-refractivity contribution in [1.29, 1.82) is 0 Å². The summed E-state index contributed by atoms with van der Waals surface area (Å²) >= 11 is 3.01. The summed E-state index contributed by atoms with van der Waals surface area (Å²) in [5.74, 6) is 0.737. The van der Waals surface area contributed by atoms with Gasteiger partial charge in [-0.05, 0) is 47.2 Å². The minimum Gasteiger partial charge on any atom is -0.325 e. The number of hydrogen-bond acceptors (Lipinski definition) is 5. The van der Waals surface area contributed by atoms with Crippen molar-refractivity contribution in [3.8, 4) is 10.6 Å². The van der Waals surface area contributed by atoms with Gasteiger partial charge in [0.25, 0.3) is 0 Å². The lowest BCUT2D eigenvalue weighted by molar-refractivity contribution is -0.113. The van der Waals surface area contributed by atoms with Gasteiger partial charge in [-0.3, -0.25) is 4.79 Å². The molecule has 1 aromatic carbocycles. The minimum absolute atomic E-state index is 0.0496. The van der Waals surface area contributed by atoms with E-state index in [0.29, 0.717) is 11.7 Å². The molecule has 3 aromatic rings. The average molecular weight is 370 g/mol. The second-order valence-electron chi connectivity index (χ2n) is 5.85. The monoisotopic (exact) mass is 369 g/mol. The Hall–Kier alpha value is -2.18.